The molecule has 3 unspecified atom stereocenters. The van der Waals surface area contributed by atoms with Crippen LogP contribution >= 0.6 is 0 Å². The normalized spacial score (nSPS) is 13.1. The van der Waals surface area contributed by atoms with Gasteiger partial charge in [-0.05, 0) is 66.2 Å². The van der Waals surface area contributed by atoms with Crippen LogP contribution in [0, 0.1) is 0 Å². The van der Waals surface area contributed by atoms with Crippen LogP contribution in [0.4, 0.5) is 9.59 Å². The van der Waals surface area contributed by atoms with Crippen molar-refractivity contribution in [3.05, 3.63) is 29.8 Å². The van der Waals surface area contributed by atoms with Crippen LogP contribution in [0.5, 0.6) is 5.75 Å². The molecule has 16 heteroatoms. The topological polar surface area (TPSA) is 214 Å². The zero-order chi connectivity index (χ0) is 35.2. The fraction of sp³-hybridized carbons (Fsp3) is 0.567. The summed E-state index contributed by atoms with van der Waals surface area (Å²) in [7, 11) is 2.19. The lowest BCUT2D eigenvalue weighted by molar-refractivity contribution is -0.150. The Bertz CT molecular complexity index is 1250. The maximum Gasteiger partial charge on any atom is 0.514 e. The molecule has 46 heavy (non-hydrogen) atoms. The van der Waals surface area contributed by atoms with Crippen LogP contribution in [0.1, 0.15) is 60.5 Å². The molecule has 0 aliphatic heterocycles. The smallest absolute Gasteiger partial charge is 0.469 e. The molecule has 1 aromatic rings. The fourth-order valence-corrected chi connectivity index (χ4v) is 3.49. The molecule has 0 fully saturated rings. The number of hydrogen-bond donors (Lipinski definition) is 4. The molecular formula is C30H44N4O12. The molecule has 0 heterocycles. The van der Waals surface area contributed by atoms with Gasteiger partial charge in [-0.25, -0.2) is 14.4 Å². The Balaban J connectivity index is 2.91. The quantitative estimate of drug-likeness (QED) is 0.135. The molecule has 0 spiro atoms. The van der Waals surface area contributed by atoms with Gasteiger partial charge < -0.3 is 45.0 Å². The van der Waals surface area contributed by atoms with Gasteiger partial charge in [-0.2, -0.15) is 0 Å². The zero-order valence-electron chi connectivity index (χ0n) is 27.6. The highest BCUT2D eigenvalue weighted by atomic mass is 16.7. The summed E-state index contributed by atoms with van der Waals surface area (Å²) in [5.41, 5.74) is -1.04. The van der Waals surface area contributed by atoms with Gasteiger partial charge in [0, 0.05) is 6.42 Å². The monoisotopic (exact) mass is 652 g/mol. The summed E-state index contributed by atoms with van der Waals surface area (Å²) in [5, 5.41) is 9.55. The summed E-state index contributed by atoms with van der Waals surface area (Å²) in [6.45, 7) is 10.8. The summed E-state index contributed by atoms with van der Waals surface area (Å²) in [6.07, 6.45) is -2.29. The van der Waals surface area contributed by atoms with E-state index in [0.29, 0.717) is 5.56 Å². The molecule has 0 aromatic heterocycles. The van der Waals surface area contributed by atoms with E-state index in [1.165, 1.54) is 19.1 Å². The molecule has 256 valence electrons. The van der Waals surface area contributed by atoms with E-state index in [1.54, 1.807) is 53.7 Å². The number of carbonyl (C=O) groups excluding carboxylic acids is 7. The molecule has 4 N–H and O–H groups in total. The van der Waals surface area contributed by atoms with Crippen molar-refractivity contribution in [2.75, 3.05) is 20.8 Å². The van der Waals surface area contributed by atoms with Gasteiger partial charge in [0.05, 0.1) is 27.2 Å². The SMILES string of the molecule is COC(=O)CC(NC(=O)CNC(=O)C(C)NC(=O)C(Cc1ccc(OC(=O)OC(C)(C)C)cc1)NC(=O)OC(C)(C)C)C(=O)OC. The Kier molecular flexibility index (Phi) is 14.9. The molecule has 4 amide bonds. The number of methoxy groups -OCH3 is 2. The molecule has 3 atom stereocenters. The number of carbonyl (C=O) groups is 7. The van der Waals surface area contributed by atoms with Crippen molar-refractivity contribution in [1.29, 1.82) is 0 Å². The first-order chi connectivity index (χ1) is 21.2. The summed E-state index contributed by atoms with van der Waals surface area (Å²) in [6, 6.07) is 2.42. The van der Waals surface area contributed by atoms with E-state index in [-0.39, 0.29) is 12.2 Å². The van der Waals surface area contributed by atoms with Gasteiger partial charge in [-0.3, -0.25) is 19.2 Å². The van der Waals surface area contributed by atoms with Crippen LogP contribution in [-0.4, -0.2) is 92.0 Å². The third-order valence-corrected chi connectivity index (χ3v) is 5.56. The Morgan fingerprint density at radius 2 is 1.33 bits per heavy atom. The Labute approximate surface area is 267 Å². The van der Waals surface area contributed by atoms with Crippen molar-refractivity contribution >= 4 is 41.9 Å². The third kappa shape index (κ3) is 15.7. The van der Waals surface area contributed by atoms with E-state index in [2.05, 4.69) is 30.7 Å². The van der Waals surface area contributed by atoms with Crippen molar-refractivity contribution in [3.8, 4) is 5.75 Å². The molecule has 0 radical (unpaired) electrons. The van der Waals surface area contributed by atoms with Crippen molar-refractivity contribution in [3.63, 3.8) is 0 Å². The van der Waals surface area contributed by atoms with Crippen LogP contribution in [0.15, 0.2) is 24.3 Å². The maximum atomic E-state index is 13.2. The molecule has 0 aliphatic rings. The predicted molar refractivity (Wildman–Crippen MR) is 161 cm³/mol. The van der Waals surface area contributed by atoms with Gasteiger partial charge in [-0.15, -0.1) is 0 Å². The molecule has 16 nitrogen and oxygen atoms in total. The van der Waals surface area contributed by atoms with E-state index in [0.717, 1.165) is 14.2 Å². The van der Waals surface area contributed by atoms with E-state index < -0.39 is 84.2 Å². The minimum atomic E-state index is -1.34. The number of benzene rings is 1. The van der Waals surface area contributed by atoms with Crippen molar-refractivity contribution in [2.45, 2.75) is 90.6 Å². The lowest BCUT2D eigenvalue weighted by Crippen LogP contribution is -2.55. The minimum absolute atomic E-state index is 0.0380. The first kappa shape index (κ1) is 39.1. The molecule has 0 aliphatic carbocycles. The number of alkyl carbamates (subject to hydrolysis) is 1. The lowest BCUT2D eigenvalue weighted by Gasteiger charge is -2.24. The largest absolute Gasteiger partial charge is 0.514 e. The van der Waals surface area contributed by atoms with Gasteiger partial charge in [0.2, 0.25) is 17.7 Å². The maximum absolute atomic E-state index is 13.2. The van der Waals surface area contributed by atoms with E-state index in [9.17, 15) is 33.6 Å². The number of ether oxygens (including phenoxy) is 5. The van der Waals surface area contributed by atoms with Gasteiger partial charge in [-0.1, -0.05) is 12.1 Å². The minimum Gasteiger partial charge on any atom is -0.469 e. The van der Waals surface area contributed by atoms with E-state index >= 15 is 0 Å². The zero-order valence-corrected chi connectivity index (χ0v) is 27.6. The molecule has 1 aromatic carbocycles. The average molecular weight is 653 g/mol. The number of hydrogen-bond acceptors (Lipinski definition) is 12. The third-order valence-electron chi connectivity index (χ3n) is 5.56. The van der Waals surface area contributed by atoms with Crippen molar-refractivity contribution in [2.24, 2.45) is 0 Å². The number of nitrogens with one attached hydrogen (secondary N) is 4. The molecule has 0 bridgehead atoms. The van der Waals surface area contributed by atoms with E-state index in [4.69, 9.17) is 14.2 Å². The Hall–Kier alpha value is -4.89. The van der Waals surface area contributed by atoms with Gasteiger partial charge in [0.1, 0.15) is 35.1 Å². The highest BCUT2D eigenvalue weighted by Crippen LogP contribution is 2.17. The van der Waals surface area contributed by atoms with E-state index in [1.807, 2.05) is 0 Å². The van der Waals surface area contributed by atoms with Crippen molar-refractivity contribution in [1.82, 2.24) is 21.3 Å². The summed E-state index contributed by atoms with van der Waals surface area (Å²) in [4.78, 5) is 86.1. The summed E-state index contributed by atoms with van der Waals surface area (Å²) < 4.78 is 24.6. The average Bonchev–Trinajstić information content (AvgIpc) is 2.93. The second-order valence-corrected chi connectivity index (χ2v) is 12.0. The van der Waals surface area contributed by atoms with Crippen LogP contribution in [0.25, 0.3) is 0 Å². The number of amides is 4. The highest BCUT2D eigenvalue weighted by Gasteiger charge is 2.29. The molecule has 0 saturated carbocycles. The highest BCUT2D eigenvalue weighted by molar-refractivity contribution is 5.94. The predicted octanol–water partition coefficient (Wildman–Crippen LogP) is 1.28. The standard InChI is InChI=1S/C30H44N4O12/c1-17(24(37)31-16-22(35)33-21(26(39)43-9)15-23(36)42-8)32-25(38)20(34-27(40)45-29(2,3)4)14-18-10-12-19(13-11-18)44-28(41)46-30(5,6)7/h10-13,17,20-21H,14-16H2,1-9H3,(H,31,37)(H,32,38)(H,33,35)(H,34,40). The Morgan fingerprint density at radius 1 is 0.739 bits per heavy atom. The summed E-state index contributed by atoms with van der Waals surface area (Å²) in [5.74, 6) is -3.77. The fourth-order valence-electron chi connectivity index (χ4n) is 3.49. The first-order valence-electron chi connectivity index (χ1n) is 14.2. The van der Waals surface area contributed by atoms with Crippen LogP contribution in [-0.2, 0) is 49.3 Å². The van der Waals surface area contributed by atoms with Gasteiger partial charge in [0.15, 0.2) is 0 Å². The second-order valence-electron chi connectivity index (χ2n) is 12.0. The lowest BCUT2D eigenvalue weighted by atomic mass is 10.0. The molecule has 1 rings (SSSR count). The number of rotatable bonds is 13. The first-order valence-corrected chi connectivity index (χ1v) is 14.2. The molecular weight excluding hydrogens is 608 g/mol. The van der Waals surface area contributed by atoms with Gasteiger partial charge in [0.25, 0.3) is 0 Å². The second kappa shape index (κ2) is 17.6. The van der Waals surface area contributed by atoms with Crippen LogP contribution in [0.2, 0.25) is 0 Å². The molecule has 0 saturated heterocycles. The Morgan fingerprint density at radius 3 is 1.85 bits per heavy atom. The van der Waals surface area contributed by atoms with Crippen LogP contribution < -0.4 is 26.0 Å². The van der Waals surface area contributed by atoms with Crippen molar-refractivity contribution < 1.29 is 57.2 Å². The number of esters is 2. The van der Waals surface area contributed by atoms with Gasteiger partial charge >= 0.3 is 24.2 Å². The van der Waals surface area contributed by atoms with Crippen LogP contribution in [0.3, 0.4) is 0 Å². The summed E-state index contributed by atoms with van der Waals surface area (Å²) >= 11 is 0.